The van der Waals surface area contributed by atoms with Gasteiger partial charge in [-0.3, -0.25) is 4.79 Å². The molecule has 1 unspecified atom stereocenters. The molecule has 1 aromatic carbocycles. The lowest BCUT2D eigenvalue weighted by Crippen LogP contribution is -2.23. The van der Waals surface area contributed by atoms with Crippen LogP contribution in [0.3, 0.4) is 0 Å². The van der Waals surface area contributed by atoms with Crippen molar-refractivity contribution in [2.24, 2.45) is 0 Å². The van der Waals surface area contributed by atoms with Crippen LogP contribution in [0.2, 0.25) is 5.02 Å². The van der Waals surface area contributed by atoms with Gasteiger partial charge in [0.25, 0.3) is 0 Å². The summed E-state index contributed by atoms with van der Waals surface area (Å²) in [7, 11) is 1.54. The van der Waals surface area contributed by atoms with Gasteiger partial charge in [0.1, 0.15) is 5.75 Å². The number of ether oxygens (including phenoxy) is 1. The SMILES string of the molecule is COc1ccc(Cl)cc1NC(=O)C(C)SCCCC#N. The molecule has 1 N–H and O–H groups in total. The van der Waals surface area contributed by atoms with Crippen LogP contribution < -0.4 is 10.1 Å². The predicted molar refractivity (Wildman–Crippen MR) is 83.4 cm³/mol. The highest BCUT2D eigenvalue weighted by Crippen LogP contribution is 2.28. The van der Waals surface area contributed by atoms with E-state index in [0.29, 0.717) is 22.9 Å². The molecule has 0 aliphatic rings. The molecule has 0 aliphatic carbocycles. The topological polar surface area (TPSA) is 62.1 Å². The first kappa shape index (κ1) is 16.7. The summed E-state index contributed by atoms with van der Waals surface area (Å²) >= 11 is 7.44. The number of rotatable bonds is 7. The van der Waals surface area contributed by atoms with Crippen LogP contribution in [0.1, 0.15) is 19.8 Å². The summed E-state index contributed by atoms with van der Waals surface area (Å²) < 4.78 is 5.18. The molecule has 1 amide bonds. The Kier molecular flexibility index (Phi) is 7.27. The minimum absolute atomic E-state index is 0.104. The van der Waals surface area contributed by atoms with Gasteiger partial charge in [0.05, 0.1) is 24.1 Å². The molecule has 0 heterocycles. The number of anilines is 1. The number of thioether (sulfide) groups is 1. The summed E-state index contributed by atoms with van der Waals surface area (Å²) in [5.41, 5.74) is 0.564. The van der Waals surface area contributed by atoms with Crippen molar-refractivity contribution in [1.29, 1.82) is 5.26 Å². The van der Waals surface area contributed by atoms with Crippen molar-refractivity contribution < 1.29 is 9.53 Å². The van der Waals surface area contributed by atoms with Gasteiger partial charge in [-0.25, -0.2) is 0 Å². The molecule has 1 atom stereocenters. The maximum absolute atomic E-state index is 12.1. The number of carbonyl (C=O) groups excluding carboxylic acids is 1. The number of unbranched alkanes of at least 4 members (excludes halogenated alkanes) is 1. The smallest absolute Gasteiger partial charge is 0.237 e. The zero-order valence-corrected chi connectivity index (χ0v) is 13.1. The molecule has 4 nitrogen and oxygen atoms in total. The first-order valence-electron chi connectivity index (χ1n) is 6.21. The minimum Gasteiger partial charge on any atom is -0.495 e. The number of hydrogen-bond donors (Lipinski definition) is 1. The highest BCUT2D eigenvalue weighted by molar-refractivity contribution is 8.00. The van der Waals surface area contributed by atoms with Gasteiger partial charge < -0.3 is 10.1 Å². The average Bonchev–Trinajstić information content (AvgIpc) is 2.43. The second-order valence-corrected chi connectivity index (χ2v) is 5.99. The molecule has 0 radical (unpaired) electrons. The van der Waals surface area contributed by atoms with E-state index in [9.17, 15) is 4.79 Å². The lowest BCUT2D eigenvalue weighted by atomic mass is 10.3. The zero-order valence-electron chi connectivity index (χ0n) is 11.5. The van der Waals surface area contributed by atoms with Crippen LogP contribution in [0.25, 0.3) is 0 Å². The second-order valence-electron chi connectivity index (χ2n) is 4.11. The Morgan fingerprint density at radius 1 is 1.60 bits per heavy atom. The van der Waals surface area contributed by atoms with E-state index in [1.807, 2.05) is 6.92 Å². The first-order valence-corrected chi connectivity index (χ1v) is 7.64. The van der Waals surface area contributed by atoms with Crippen LogP contribution in [0.15, 0.2) is 18.2 Å². The first-order chi connectivity index (χ1) is 9.58. The molecule has 1 rings (SSSR count). The number of nitriles is 1. The fourth-order valence-electron chi connectivity index (χ4n) is 1.50. The van der Waals surface area contributed by atoms with E-state index in [1.165, 1.54) is 11.8 Å². The van der Waals surface area contributed by atoms with E-state index in [1.54, 1.807) is 25.3 Å². The van der Waals surface area contributed by atoms with Gasteiger partial charge >= 0.3 is 0 Å². The molecule has 6 heteroatoms. The second kappa shape index (κ2) is 8.72. The van der Waals surface area contributed by atoms with E-state index < -0.39 is 0 Å². The Morgan fingerprint density at radius 3 is 3.00 bits per heavy atom. The Bertz CT molecular complexity index is 502. The number of hydrogen-bond acceptors (Lipinski definition) is 4. The fourth-order valence-corrected chi connectivity index (χ4v) is 2.55. The largest absolute Gasteiger partial charge is 0.495 e. The monoisotopic (exact) mass is 312 g/mol. The number of halogens is 1. The maximum Gasteiger partial charge on any atom is 0.237 e. The standard InChI is InChI=1S/C14H17ClN2O2S/c1-10(20-8-4-3-7-16)14(18)17-12-9-11(15)5-6-13(12)19-2/h5-6,9-10H,3-4,8H2,1-2H3,(H,17,18). The highest BCUT2D eigenvalue weighted by atomic mass is 35.5. The third-order valence-electron chi connectivity index (χ3n) is 2.59. The van der Waals surface area contributed by atoms with Gasteiger partial charge in [0.2, 0.25) is 5.91 Å². The third kappa shape index (κ3) is 5.32. The van der Waals surface area contributed by atoms with E-state index in [0.717, 1.165) is 12.2 Å². The van der Waals surface area contributed by atoms with Crippen molar-refractivity contribution in [2.45, 2.75) is 25.0 Å². The molecule has 0 aliphatic heterocycles. The van der Waals surface area contributed by atoms with Gasteiger partial charge in [-0.2, -0.15) is 5.26 Å². The van der Waals surface area contributed by atoms with Gasteiger partial charge in [-0.15, -0.1) is 11.8 Å². The lowest BCUT2D eigenvalue weighted by Gasteiger charge is -2.14. The van der Waals surface area contributed by atoms with Crippen molar-refractivity contribution in [3.05, 3.63) is 23.2 Å². The molecule has 1 aromatic rings. The van der Waals surface area contributed by atoms with Crippen molar-refractivity contribution in [1.82, 2.24) is 0 Å². The average molecular weight is 313 g/mol. The molecule has 0 bridgehead atoms. The van der Waals surface area contributed by atoms with Gasteiger partial charge in [-0.05, 0) is 37.3 Å². The summed E-state index contributed by atoms with van der Waals surface area (Å²) in [4.78, 5) is 12.1. The number of benzene rings is 1. The summed E-state index contributed by atoms with van der Waals surface area (Å²) in [5.74, 6) is 1.26. The molecule has 0 spiro atoms. The molecule has 0 saturated carbocycles. The molecule has 0 saturated heterocycles. The van der Waals surface area contributed by atoms with Gasteiger partial charge in [0.15, 0.2) is 0 Å². The molecule has 0 aromatic heterocycles. The maximum atomic E-state index is 12.1. The van der Waals surface area contributed by atoms with Crippen molar-refractivity contribution in [3.63, 3.8) is 0 Å². The normalized spacial score (nSPS) is 11.5. The van der Waals surface area contributed by atoms with Crippen molar-refractivity contribution in [3.8, 4) is 11.8 Å². The summed E-state index contributed by atoms with van der Waals surface area (Å²) in [6.07, 6.45) is 1.31. The third-order valence-corrected chi connectivity index (χ3v) is 4.06. The van der Waals surface area contributed by atoms with Crippen LogP contribution >= 0.6 is 23.4 Å². The molecular weight excluding hydrogens is 296 g/mol. The summed E-state index contributed by atoms with van der Waals surface area (Å²) in [6, 6.07) is 7.16. The predicted octanol–water partition coefficient (Wildman–Crippen LogP) is 3.71. The number of nitrogens with zero attached hydrogens (tertiary/aromatic N) is 1. The van der Waals surface area contributed by atoms with E-state index in [-0.39, 0.29) is 11.2 Å². The number of amides is 1. The highest BCUT2D eigenvalue weighted by Gasteiger charge is 2.15. The number of carbonyl (C=O) groups is 1. The molecule has 0 fully saturated rings. The van der Waals surface area contributed by atoms with E-state index >= 15 is 0 Å². The van der Waals surface area contributed by atoms with E-state index in [4.69, 9.17) is 21.6 Å². The molecular formula is C14H17ClN2O2S. The summed E-state index contributed by atoms with van der Waals surface area (Å²) in [5, 5.41) is 11.6. The fraction of sp³-hybridized carbons (Fsp3) is 0.429. The van der Waals surface area contributed by atoms with Crippen LogP contribution in [0.5, 0.6) is 5.75 Å². The Balaban J connectivity index is 2.57. The quantitative estimate of drug-likeness (QED) is 0.780. The Labute approximate surface area is 128 Å². The zero-order chi connectivity index (χ0) is 15.0. The van der Waals surface area contributed by atoms with Crippen molar-refractivity contribution in [2.75, 3.05) is 18.2 Å². The van der Waals surface area contributed by atoms with Crippen LogP contribution in [0, 0.1) is 11.3 Å². The van der Waals surface area contributed by atoms with Crippen LogP contribution in [-0.2, 0) is 4.79 Å². The van der Waals surface area contributed by atoms with Gasteiger partial charge in [-0.1, -0.05) is 11.6 Å². The molecule has 108 valence electrons. The minimum atomic E-state index is -0.197. The van der Waals surface area contributed by atoms with Gasteiger partial charge in [0, 0.05) is 11.4 Å². The van der Waals surface area contributed by atoms with E-state index in [2.05, 4.69) is 11.4 Å². The van der Waals surface area contributed by atoms with Crippen LogP contribution in [-0.4, -0.2) is 24.0 Å². The number of nitrogens with one attached hydrogen (secondary N) is 1. The summed E-state index contributed by atoms with van der Waals surface area (Å²) in [6.45, 7) is 1.84. The Morgan fingerprint density at radius 2 is 2.35 bits per heavy atom. The van der Waals surface area contributed by atoms with Crippen molar-refractivity contribution >= 4 is 35.0 Å². The Hall–Kier alpha value is -1.38. The molecule has 20 heavy (non-hydrogen) atoms. The number of methoxy groups -OCH3 is 1. The van der Waals surface area contributed by atoms with Crippen LogP contribution in [0.4, 0.5) is 5.69 Å². The lowest BCUT2D eigenvalue weighted by molar-refractivity contribution is -0.115.